The van der Waals surface area contributed by atoms with Crippen molar-refractivity contribution in [2.24, 2.45) is 5.92 Å². The third-order valence-electron chi connectivity index (χ3n) is 8.26. The Kier molecular flexibility index (Phi) is 5.85. The standard InChI is InChI=1S/C27H29F3N2O4/c28-27(29,30)22-23(31-36-24(22)16-4-2-1-3-5-16)25-20-9-7-17-10-15(6-8-19(17)21(20)14-35-25)11-32-12-18(13-32)26(33)34/h6,8,10,16,18,21H,1-5,7,9,11-14H2,(H,33,34). The van der Waals surface area contributed by atoms with E-state index < -0.39 is 17.7 Å². The third-order valence-corrected chi connectivity index (χ3v) is 8.26. The van der Waals surface area contributed by atoms with Crippen molar-refractivity contribution in [3.05, 3.63) is 57.5 Å². The SMILES string of the molecule is O=C(O)C1CN(Cc2ccc3c(c2)CCC2=C(c4noc(C5CCCCC5)c4C(F)(F)F)OCC23)C1. The Morgan fingerprint density at radius 1 is 1.14 bits per heavy atom. The van der Waals surface area contributed by atoms with E-state index in [1.165, 1.54) is 5.56 Å². The molecule has 0 spiro atoms. The summed E-state index contributed by atoms with van der Waals surface area (Å²) in [6.45, 7) is 2.11. The monoisotopic (exact) mass is 502 g/mol. The fourth-order valence-corrected chi connectivity index (χ4v) is 6.38. The Hall–Kier alpha value is -2.81. The minimum Gasteiger partial charge on any atom is -0.490 e. The number of halogens is 3. The number of alkyl halides is 3. The van der Waals surface area contributed by atoms with Crippen LogP contribution in [0.2, 0.25) is 0 Å². The third kappa shape index (κ3) is 4.11. The number of likely N-dealkylation sites (tertiary alicyclic amines) is 1. The van der Waals surface area contributed by atoms with Gasteiger partial charge in [0.05, 0.1) is 12.5 Å². The molecule has 192 valence electrons. The van der Waals surface area contributed by atoms with E-state index in [4.69, 9.17) is 14.4 Å². The minimum atomic E-state index is -4.56. The average molecular weight is 503 g/mol. The fraction of sp³-hybridized carbons (Fsp3) is 0.556. The number of aliphatic carboxylic acids is 1. The van der Waals surface area contributed by atoms with Gasteiger partial charge in [0.15, 0.2) is 11.5 Å². The second-order valence-corrected chi connectivity index (χ2v) is 10.6. The average Bonchev–Trinajstić information content (AvgIpc) is 3.45. The molecular formula is C27H29F3N2O4. The molecule has 0 radical (unpaired) electrons. The van der Waals surface area contributed by atoms with Crippen LogP contribution in [0.25, 0.3) is 5.76 Å². The van der Waals surface area contributed by atoms with Crippen LogP contribution < -0.4 is 0 Å². The minimum absolute atomic E-state index is 0.0330. The highest BCUT2D eigenvalue weighted by Gasteiger charge is 2.46. The van der Waals surface area contributed by atoms with Crippen LogP contribution >= 0.6 is 0 Å². The van der Waals surface area contributed by atoms with Gasteiger partial charge >= 0.3 is 12.1 Å². The van der Waals surface area contributed by atoms with Crippen LogP contribution in [-0.4, -0.2) is 40.8 Å². The van der Waals surface area contributed by atoms with Gasteiger partial charge in [-0.2, -0.15) is 13.2 Å². The van der Waals surface area contributed by atoms with Crippen molar-refractivity contribution in [3.63, 3.8) is 0 Å². The van der Waals surface area contributed by atoms with Gasteiger partial charge in [0, 0.05) is 31.5 Å². The lowest BCUT2D eigenvalue weighted by Crippen LogP contribution is -2.49. The van der Waals surface area contributed by atoms with E-state index in [1.54, 1.807) is 0 Å². The Balaban J connectivity index is 1.27. The summed E-state index contributed by atoms with van der Waals surface area (Å²) < 4.78 is 54.1. The Labute approximate surface area is 207 Å². The lowest BCUT2D eigenvalue weighted by molar-refractivity contribution is -0.147. The molecule has 0 amide bonds. The molecule has 0 bridgehead atoms. The zero-order chi connectivity index (χ0) is 25.0. The molecule has 1 aromatic heterocycles. The Morgan fingerprint density at radius 2 is 1.92 bits per heavy atom. The zero-order valence-electron chi connectivity index (χ0n) is 19.9. The number of benzene rings is 1. The van der Waals surface area contributed by atoms with Crippen molar-refractivity contribution >= 4 is 11.7 Å². The van der Waals surface area contributed by atoms with Gasteiger partial charge in [0.25, 0.3) is 0 Å². The van der Waals surface area contributed by atoms with Gasteiger partial charge in [0.2, 0.25) is 0 Å². The number of hydrogen-bond donors (Lipinski definition) is 1. The summed E-state index contributed by atoms with van der Waals surface area (Å²) in [5.74, 6) is -1.17. The maximum atomic E-state index is 14.2. The fourth-order valence-electron chi connectivity index (χ4n) is 6.38. The number of ether oxygens (including phenoxy) is 1. The van der Waals surface area contributed by atoms with Gasteiger partial charge in [-0.1, -0.05) is 42.6 Å². The molecule has 1 saturated heterocycles. The lowest BCUT2D eigenvalue weighted by Gasteiger charge is -2.36. The number of aryl methyl sites for hydroxylation is 1. The summed E-state index contributed by atoms with van der Waals surface area (Å²) in [6, 6.07) is 6.24. The molecule has 1 atom stereocenters. The van der Waals surface area contributed by atoms with E-state index in [1.807, 2.05) is 6.07 Å². The summed E-state index contributed by atoms with van der Waals surface area (Å²) in [4.78, 5) is 13.2. The number of rotatable bonds is 5. The highest BCUT2D eigenvalue weighted by Crippen LogP contribution is 2.50. The smallest absolute Gasteiger partial charge is 0.422 e. The molecule has 2 aliphatic heterocycles. The summed E-state index contributed by atoms with van der Waals surface area (Å²) >= 11 is 0. The normalized spacial score (nSPS) is 23.2. The first-order chi connectivity index (χ1) is 17.3. The number of carboxylic acids is 1. The molecule has 6 rings (SSSR count). The number of carbonyl (C=O) groups is 1. The predicted molar refractivity (Wildman–Crippen MR) is 124 cm³/mol. The van der Waals surface area contributed by atoms with Gasteiger partial charge < -0.3 is 14.4 Å². The molecule has 1 N–H and O–H groups in total. The molecule has 9 heteroatoms. The Bertz CT molecular complexity index is 1210. The Morgan fingerprint density at radius 3 is 2.64 bits per heavy atom. The molecule has 2 fully saturated rings. The number of carboxylic acid groups (broad SMARTS) is 1. The van der Waals surface area contributed by atoms with Crippen molar-refractivity contribution in [1.29, 1.82) is 0 Å². The molecule has 2 aliphatic carbocycles. The summed E-state index contributed by atoms with van der Waals surface area (Å²) in [5.41, 5.74) is 3.32. The quantitative estimate of drug-likeness (QED) is 0.563. The van der Waals surface area contributed by atoms with Crippen molar-refractivity contribution in [3.8, 4) is 0 Å². The largest absolute Gasteiger partial charge is 0.490 e. The first kappa shape index (κ1) is 23.6. The van der Waals surface area contributed by atoms with E-state index in [-0.39, 0.29) is 35.0 Å². The maximum absolute atomic E-state index is 14.2. The molecule has 1 saturated carbocycles. The molecular weight excluding hydrogens is 473 g/mol. The first-order valence-corrected chi connectivity index (χ1v) is 12.8. The number of aromatic nitrogens is 1. The van der Waals surface area contributed by atoms with Crippen molar-refractivity contribution in [1.82, 2.24) is 10.1 Å². The van der Waals surface area contributed by atoms with Crippen molar-refractivity contribution in [2.75, 3.05) is 19.7 Å². The highest BCUT2D eigenvalue weighted by molar-refractivity contribution is 5.71. The summed E-state index contributed by atoms with van der Waals surface area (Å²) in [6.07, 6.45) is 1.01. The molecule has 1 unspecified atom stereocenters. The molecule has 3 heterocycles. The van der Waals surface area contributed by atoms with Crippen LogP contribution in [0.4, 0.5) is 13.2 Å². The van der Waals surface area contributed by atoms with Crippen LogP contribution in [0, 0.1) is 5.92 Å². The predicted octanol–water partition coefficient (Wildman–Crippen LogP) is 5.73. The summed E-state index contributed by atoms with van der Waals surface area (Å²) in [7, 11) is 0. The van der Waals surface area contributed by atoms with Crippen LogP contribution in [-0.2, 0) is 28.7 Å². The van der Waals surface area contributed by atoms with Crippen LogP contribution in [0.1, 0.15) is 84.1 Å². The molecule has 4 aliphatic rings. The van der Waals surface area contributed by atoms with Crippen LogP contribution in [0.3, 0.4) is 0 Å². The number of fused-ring (bicyclic) bond motifs is 3. The number of nitrogens with zero attached hydrogens (tertiary/aromatic N) is 2. The van der Waals surface area contributed by atoms with E-state index >= 15 is 0 Å². The molecule has 2 aromatic rings. The zero-order valence-corrected chi connectivity index (χ0v) is 19.9. The molecule has 36 heavy (non-hydrogen) atoms. The van der Waals surface area contributed by atoms with E-state index in [0.717, 1.165) is 36.0 Å². The summed E-state index contributed by atoms with van der Waals surface area (Å²) in [5, 5.41) is 13.0. The van der Waals surface area contributed by atoms with Crippen LogP contribution in [0.15, 0.2) is 28.3 Å². The van der Waals surface area contributed by atoms with Crippen LogP contribution in [0.5, 0.6) is 0 Å². The van der Waals surface area contributed by atoms with Gasteiger partial charge in [-0.25, -0.2) is 0 Å². The van der Waals surface area contributed by atoms with Crippen molar-refractivity contribution in [2.45, 2.75) is 69.5 Å². The van der Waals surface area contributed by atoms with Gasteiger partial charge in [0.1, 0.15) is 11.3 Å². The topological polar surface area (TPSA) is 75.8 Å². The van der Waals surface area contributed by atoms with E-state index in [0.29, 0.717) is 51.9 Å². The first-order valence-electron chi connectivity index (χ1n) is 12.8. The second-order valence-electron chi connectivity index (χ2n) is 10.6. The number of hydrogen-bond acceptors (Lipinski definition) is 5. The maximum Gasteiger partial charge on any atom is 0.422 e. The van der Waals surface area contributed by atoms with Gasteiger partial charge in [-0.05, 0) is 47.9 Å². The van der Waals surface area contributed by atoms with Crippen molar-refractivity contribution < 1.29 is 32.3 Å². The highest BCUT2D eigenvalue weighted by atomic mass is 19.4. The molecule has 1 aromatic carbocycles. The lowest BCUT2D eigenvalue weighted by atomic mass is 9.78. The van der Waals surface area contributed by atoms with Gasteiger partial charge in [-0.15, -0.1) is 0 Å². The van der Waals surface area contributed by atoms with Gasteiger partial charge in [-0.3, -0.25) is 9.69 Å². The van der Waals surface area contributed by atoms with E-state index in [9.17, 15) is 18.0 Å². The molecule has 6 nitrogen and oxygen atoms in total. The second kappa shape index (κ2) is 8.94. The van der Waals surface area contributed by atoms with E-state index in [2.05, 4.69) is 22.2 Å².